The van der Waals surface area contributed by atoms with Crippen LogP contribution in [0.15, 0.2) is 34.8 Å². The highest BCUT2D eigenvalue weighted by Crippen LogP contribution is 2.27. The van der Waals surface area contributed by atoms with E-state index < -0.39 is 0 Å². The summed E-state index contributed by atoms with van der Waals surface area (Å²) < 4.78 is 6.93. The lowest BCUT2D eigenvalue weighted by atomic mass is 10.1. The van der Waals surface area contributed by atoms with E-state index in [1.807, 2.05) is 11.3 Å². The highest BCUT2D eigenvalue weighted by atomic mass is 32.2. The number of aromatic nitrogens is 4. The van der Waals surface area contributed by atoms with Gasteiger partial charge in [-0.2, -0.15) is 0 Å². The van der Waals surface area contributed by atoms with Gasteiger partial charge in [-0.1, -0.05) is 24.8 Å². The normalized spacial score (nSPS) is 11.2. The van der Waals surface area contributed by atoms with Crippen molar-refractivity contribution in [3.63, 3.8) is 0 Å². The van der Waals surface area contributed by atoms with E-state index in [2.05, 4.69) is 51.7 Å². The van der Waals surface area contributed by atoms with Crippen molar-refractivity contribution in [1.29, 1.82) is 0 Å². The summed E-state index contributed by atoms with van der Waals surface area (Å²) in [6, 6.07) is 8.48. The topological polar surface area (TPSA) is 98.5 Å². The molecule has 0 unspecified atom stereocenters. The fourth-order valence-electron chi connectivity index (χ4n) is 3.37. The quantitative estimate of drug-likeness (QED) is 0.307. The third-order valence-corrected chi connectivity index (χ3v) is 6.60. The second-order valence-corrected chi connectivity index (χ2v) is 8.98. The van der Waals surface area contributed by atoms with Gasteiger partial charge in [-0.25, -0.2) is 4.98 Å². The highest BCUT2D eigenvalue weighted by molar-refractivity contribution is 7.99. The van der Waals surface area contributed by atoms with Gasteiger partial charge in [0.2, 0.25) is 5.91 Å². The van der Waals surface area contributed by atoms with Crippen molar-refractivity contribution in [3.8, 4) is 0 Å². The number of fused-ring (bicyclic) bond motifs is 3. The molecule has 0 spiro atoms. The lowest BCUT2D eigenvalue weighted by Gasteiger charge is -2.08. The van der Waals surface area contributed by atoms with E-state index in [4.69, 9.17) is 4.74 Å². The Bertz CT molecular complexity index is 1300. The molecule has 4 rings (SSSR count). The monoisotopic (exact) mass is 469 g/mol. The van der Waals surface area contributed by atoms with Crippen molar-refractivity contribution < 1.29 is 14.3 Å². The molecule has 0 atom stereocenters. The van der Waals surface area contributed by atoms with Gasteiger partial charge in [-0.05, 0) is 55.0 Å². The number of anilines is 1. The number of ether oxygens (including phenoxy) is 1. The van der Waals surface area contributed by atoms with Crippen molar-refractivity contribution in [1.82, 2.24) is 19.6 Å². The molecule has 3 aromatic heterocycles. The average molecular weight is 470 g/mol. The number of thioether (sulfide) groups is 1. The Balaban J connectivity index is 1.47. The molecule has 0 radical (unpaired) electrons. The number of carbonyl (C=O) groups is 2. The van der Waals surface area contributed by atoms with Gasteiger partial charge in [-0.15, -0.1) is 21.5 Å². The van der Waals surface area contributed by atoms with Crippen molar-refractivity contribution >= 4 is 56.7 Å². The summed E-state index contributed by atoms with van der Waals surface area (Å²) in [7, 11) is 0. The van der Waals surface area contributed by atoms with Crippen LogP contribution in [-0.4, -0.2) is 43.8 Å². The molecule has 166 valence electrons. The zero-order chi connectivity index (χ0) is 22.7. The van der Waals surface area contributed by atoms with Crippen LogP contribution in [0.5, 0.6) is 0 Å². The molecular weight excluding hydrogens is 446 g/mol. The minimum absolute atomic E-state index is 0.0901. The first kappa shape index (κ1) is 22.2. The standard InChI is InChI=1S/C22H23N5O3S2/c1-4-14-6-7-17-15(9-14)8-13(3)20-25-26-22(27(17)20)32-12-18(28)24-21-23-16(11-31-21)10-19(29)30-5-2/h6-9,11H,4-5,10,12H2,1-3H3,(H,23,24,28). The van der Waals surface area contributed by atoms with E-state index in [9.17, 15) is 9.59 Å². The first-order valence-corrected chi connectivity index (χ1v) is 12.1. The van der Waals surface area contributed by atoms with E-state index in [0.717, 1.165) is 28.5 Å². The number of rotatable bonds is 8. The van der Waals surface area contributed by atoms with Crippen LogP contribution < -0.4 is 5.32 Å². The van der Waals surface area contributed by atoms with Crippen LogP contribution in [0, 0.1) is 6.92 Å². The summed E-state index contributed by atoms with van der Waals surface area (Å²) in [5.74, 6) is -0.372. The molecule has 1 N–H and O–H groups in total. The van der Waals surface area contributed by atoms with Gasteiger partial charge in [0.25, 0.3) is 0 Å². The van der Waals surface area contributed by atoms with Gasteiger partial charge in [0.15, 0.2) is 15.9 Å². The van der Waals surface area contributed by atoms with Crippen LogP contribution in [0.3, 0.4) is 0 Å². The number of nitrogens with one attached hydrogen (secondary N) is 1. The SMILES string of the molecule is CCOC(=O)Cc1csc(NC(=O)CSc2nnc3c(C)cc4cc(CC)ccc4n23)n1. The molecule has 4 aromatic rings. The van der Waals surface area contributed by atoms with Gasteiger partial charge in [-0.3, -0.25) is 14.0 Å². The molecule has 0 saturated heterocycles. The molecule has 0 fully saturated rings. The van der Waals surface area contributed by atoms with Crippen LogP contribution in [-0.2, 0) is 27.2 Å². The second kappa shape index (κ2) is 9.66. The van der Waals surface area contributed by atoms with Crippen molar-refractivity contribution in [2.45, 2.75) is 38.8 Å². The number of pyridine rings is 1. The van der Waals surface area contributed by atoms with Crippen LogP contribution in [0.2, 0.25) is 0 Å². The van der Waals surface area contributed by atoms with E-state index >= 15 is 0 Å². The van der Waals surface area contributed by atoms with Gasteiger partial charge < -0.3 is 10.1 Å². The van der Waals surface area contributed by atoms with Crippen LogP contribution in [0.1, 0.15) is 30.7 Å². The Morgan fingerprint density at radius 1 is 1.22 bits per heavy atom. The van der Waals surface area contributed by atoms with Crippen LogP contribution >= 0.6 is 23.1 Å². The van der Waals surface area contributed by atoms with Crippen molar-refractivity contribution in [2.75, 3.05) is 17.7 Å². The van der Waals surface area contributed by atoms with Gasteiger partial charge in [0.05, 0.1) is 30.0 Å². The molecule has 0 aliphatic carbocycles. The second-order valence-electron chi connectivity index (χ2n) is 7.18. The molecule has 0 bridgehead atoms. The first-order valence-electron chi connectivity index (χ1n) is 10.3. The summed E-state index contributed by atoms with van der Waals surface area (Å²) in [6.45, 7) is 6.23. The minimum Gasteiger partial charge on any atom is -0.466 e. The van der Waals surface area contributed by atoms with Crippen LogP contribution in [0.25, 0.3) is 16.6 Å². The number of thiazole rings is 1. The molecule has 0 aliphatic heterocycles. The van der Waals surface area contributed by atoms with Gasteiger partial charge >= 0.3 is 5.97 Å². The molecule has 1 amide bonds. The zero-order valence-corrected chi connectivity index (χ0v) is 19.7. The van der Waals surface area contributed by atoms with Crippen LogP contribution in [0.4, 0.5) is 5.13 Å². The Kier molecular flexibility index (Phi) is 6.71. The number of hydrogen-bond acceptors (Lipinski definition) is 8. The van der Waals surface area contributed by atoms with Crippen molar-refractivity contribution in [3.05, 3.63) is 46.5 Å². The third kappa shape index (κ3) is 4.76. The molecular formula is C22H23N5O3S2. The molecule has 32 heavy (non-hydrogen) atoms. The molecule has 1 aromatic carbocycles. The molecule has 0 saturated carbocycles. The summed E-state index contributed by atoms with van der Waals surface area (Å²) >= 11 is 2.60. The highest BCUT2D eigenvalue weighted by Gasteiger charge is 2.15. The lowest BCUT2D eigenvalue weighted by Crippen LogP contribution is -2.14. The predicted molar refractivity (Wildman–Crippen MR) is 126 cm³/mol. The molecule has 10 heteroatoms. The number of benzene rings is 1. The fourth-order valence-corrected chi connectivity index (χ4v) is 4.84. The van der Waals surface area contributed by atoms with Gasteiger partial charge in [0.1, 0.15) is 0 Å². The van der Waals surface area contributed by atoms with E-state index in [-0.39, 0.29) is 24.1 Å². The molecule has 8 nitrogen and oxygen atoms in total. The minimum atomic E-state index is -0.335. The maximum absolute atomic E-state index is 12.5. The summed E-state index contributed by atoms with van der Waals surface area (Å²) in [5.41, 5.74) is 4.68. The Morgan fingerprint density at radius 3 is 2.84 bits per heavy atom. The molecule has 0 aliphatic rings. The fraction of sp³-hybridized carbons (Fsp3) is 0.318. The first-order chi connectivity index (χ1) is 15.5. The van der Waals surface area contributed by atoms with Gasteiger partial charge in [0, 0.05) is 5.38 Å². The number of aryl methyl sites for hydroxylation is 2. The number of amides is 1. The predicted octanol–water partition coefficient (Wildman–Crippen LogP) is 4.05. The number of nitrogens with zero attached hydrogens (tertiary/aromatic N) is 4. The maximum atomic E-state index is 12.5. The van der Waals surface area contributed by atoms with E-state index in [1.54, 1.807) is 12.3 Å². The Labute approximate surface area is 193 Å². The summed E-state index contributed by atoms with van der Waals surface area (Å²) in [4.78, 5) is 28.3. The number of carbonyl (C=O) groups excluding carboxylic acids is 2. The maximum Gasteiger partial charge on any atom is 0.311 e. The Hall–Kier alpha value is -2.98. The summed E-state index contributed by atoms with van der Waals surface area (Å²) in [6.07, 6.45) is 1.06. The van der Waals surface area contributed by atoms with E-state index in [1.165, 1.54) is 28.7 Å². The van der Waals surface area contributed by atoms with Crippen molar-refractivity contribution in [2.24, 2.45) is 0 Å². The summed E-state index contributed by atoms with van der Waals surface area (Å²) in [5, 5.41) is 15.4. The zero-order valence-electron chi connectivity index (χ0n) is 18.0. The number of esters is 1. The average Bonchev–Trinajstić information content (AvgIpc) is 3.39. The smallest absolute Gasteiger partial charge is 0.311 e. The lowest BCUT2D eigenvalue weighted by molar-refractivity contribution is -0.142. The van der Waals surface area contributed by atoms with E-state index in [0.29, 0.717) is 22.6 Å². The largest absolute Gasteiger partial charge is 0.466 e. The molecule has 3 heterocycles. The number of hydrogen-bond donors (Lipinski definition) is 1. The third-order valence-electron chi connectivity index (χ3n) is 4.86. The Morgan fingerprint density at radius 2 is 2.06 bits per heavy atom.